The Labute approximate surface area is 180 Å². The number of cyclic esters (lactones) is 1. The van der Waals surface area contributed by atoms with Crippen LogP contribution >= 0.6 is 0 Å². The molecule has 4 atom stereocenters. The van der Waals surface area contributed by atoms with Gasteiger partial charge in [-0.15, -0.1) is 0 Å². The van der Waals surface area contributed by atoms with Gasteiger partial charge in [0, 0.05) is 12.5 Å². The van der Waals surface area contributed by atoms with Gasteiger partial charge in [-0.3, -0.25) is 0 Å². The number of hydrogen-bond acceptors (Lipinski definition) is 5. The number of rotatable bonds is 6. The zero-order valence-corrected chi connectivity index (χ0v) is 19.0. The molecule has 1 fully saturated rings. The molecule has 168 valence electrons. The molecule has 1 N–H and O–H groups in total. The van der Waals surface area contributed by atoms with Crippen molar-refractivity contribution in [1.82, 2.24) is 5.32 Å². The maximum absolute atomic E-state index is 12.8. The Morgan fingerprint density at radius 3 is 2.53 bits per heavy atom. The van der Waals surface area contributed by atoms with E-state index in [4.69, 9.17) is 14.2 Å². The van der Waals surface area contributed by atoms with E-state index in [-0.39, 0.29) is 18.1 Å². The summed E-state index contributed by atoms with van der Waals surface area (Å²) in [5.74, 6) is -0.370. The number of amides is 1. The summed E-state index contributed by atoms with van der Waals surface area (Å²) < 4.78 is 17.3. The Kier molecular flexibility index (Phi) is 9.15. The van der Waals surface area contributed by atoms with Crippen LogP contribution in [0.15, 0.2) is 30.3 Å². The predicted molar refractivity (Wildman–Crippen MR) is 116 cm³/mol. The first-order valence-electron chi connectivity index (χ1n) is 11.0. The molecule has 2 rings (SSSR count). The second kappa shape index (κ2) is 11.3. The maximum atomic E-state index is 12.8. The van der Waals surface area contributed by atoms with Crippen molar-refractivity contribution in [3.63, 3.8) is 0 Å². The molecule has 1 heterocycles. The maximum Gasteiger partial charge on any atom is 0.408 e. The average molecular weight is 420 g/mol. The standard InChI is InChI=1S/C24H37NO5/c1-6-15-28-21-14-10-13-20(25-23(27)30-24(3,4)5)22(26)29-17(2)19(21)16-18-11-8-7-9-12-18/h7-9,11-12,17,19-21H,6,10,13-16H2,1-5H3,(H,25,27). The fourth-order valence-corrected chi connectivity index (χ4v) is 3.75. The van der Waals surface area contributed by atoms with E-state index in [9.17, 15) is 9.59 Å². The van der Waals surface area contributed by atoms with Gasteiger partial charge in [0.05, 0.1) is 6.10 Å². The monoisotopic (exact) mass is 419 g/mol. The lowest BCUT2D eigenvalue weighted by molar-refractivity contribution is -0.155. The first-order valence-corrected chi connectivity index (χ1v) is 11.0. The molecule has 1 amide bonds. The minimum absolute atomic E-state index is 0.00627. The minimum atomic E-state index is -0.718. The molecule has 1 aliphatic heterocycles. The van der Waals surface area contributed by atoms with E-state index in [1.807, 2.05) is 25.1 Å². The summed E-state index contributed by atoms with van der Waals surface area (Å²) in [4.78, 5) is 25.0. The first kappa shape index (κ1) is 24.2. The highest BCUT2D eigenvalue weighted by atomic mass is 16.6. The Balaban J connectivity index is 2.14. The van der Waals surface area contributed by atoms with Gasteiger partial charge in [-0.25, -0.2) is 9.59 Å². The Morgan fingerprint density at radius 1 is 1.20 bits per heavy atom. The number of ether oxygens (including phenoxy) is 3. The summed E-state index contributed by atoms with van der Waals surface area (Å²) in [6.45, 7) is 10.1. The van der Waals surface area contributed by atoms with Crippen molar-refractivity contribution in [3.8, 4) is 0 Å². The van der Waals surface area contributed by atoms with Gasteiger partial charge in [0.25, 0.3) is 0 Å². The lowest BCUT2D eigenvalue weighted by atomic mass is 9.87. The van der Waals surface area contributed by atoms with Gasteiger partial charge in [-0.1, -0.05) is 37.3 Å². The van der Waals surface area contributed by atoms with Crippen LogP contribution < -0.4 is 5.32 Å². The number of hydrogen-bond donors (Lipinski definition) is 1. The lowest BCUT2D eigenvalue weighted by Gasteiger charge is -2.31. The van der Waals surface area contributed by atoms with E-state index in [1.165, 1.54) is 5.56 Å². The molecule has 0 radical (unpaired) electrons. The zero-order chi connectivity index (χ0) is 22.1. The fraction of sp³-hybridized carbons (Fsp3) is 0.667. The molecular weight excluding hydrogens is 382 g/mol. The SMILES string of the molecule is CCCOC1CCCC(NC(=O)OC(C)(C)C)C(=O)OC(C)C1Cc1ccccc1. The number of carbonyl (C=O) groups is 2. The van der Waals surface area contributed by atoms with Crippen molar-refractivity contribution in [3.05, 3.63) is 35.9 Å². The number of alkyl carbamates (subject to hydrolysis) is 1. The van der Waals surface area contributed by atoms with Crippen LogP contribution in [0.5, 0.6) is 0 Å². The van der Waals surface area contributed by atoms with Gasteiger partial charge in [-0.2, -0.15) is 0 Å². The Bertz CT molecular complexity index is 670. The molecule has 1 saturated heterocycles. The van der Waals surface area contributed by atoms with Crippen LogP contribution in [0.1, 0.15) is 65.9 Å². The van der Waals surface area contributed by atoms with Gasteiger partial charge in [0.1, 0.15) is 17.7 Å². The smallest absolute Gasteiger partial charge is 0.408 e. The van der Waals surface area contributed by atoms with Crippen LogP contribution in [0.4, 0.5) is 4.79 Å². The van der Waals surface area contributed by atoms with E-state index in [2.05, 4.69) is 24.4 Å². The highest BCUT2D eigenvalue weighted by molar-refractivity contribution is 5.81. The van der Waals surface area contributed by atoms with Crippen LogP contribution in [0.25, 0.3) is 0 Å². The molecule has 4 unspecified atom stereocenters. The van der Waals surface area contributed by atoms with Gasteiger partial charge in [-0.05, 0) is 65.4 Å². The van der Waals surface area contributed by atoms with Crippen LogP contribution in [-0.4, -0.2) is 42.5 Å². The van der Waals surface area contributed by atoms with Crippen molar-refractivity contribution in [2.45, 2.75) is 90.6 Å². The molecule has 0 spiro atoms. The molecule has 30 heavy (non-hydrogen) atoms. The summed E-state index contributed by atoms with van der Waals surface area (Å²) >= 11 is 0. The van der Waals surface area contributed by atoms with Crippen LogP contribution in [0.3, 0.4) is 0 Å². The summed E-state index contributed by atoms with van der Waals surface area (Å²) in [6, 6.07) is 9.49. The quantitative estimate of drug-likeness (QED) is 0.680. The Morgan fingerprint density at radius 2 is 1.90 bits per heavy atom. The number of carbonyl (C=O) groups excluding carboxylic acids is 2. The minimum Gasteiger partial charge on any atom is -0.461 e. The summed E-state index contributed by atoms with van der Waals surface area (Å²) in [6.07, 6.45) is 2.83. The van der Waals surface area contributed by atoms with E-state index in [0.29, 0.717) is 13.0 Å². The number of esters is 1. The normalized spacial score (nSPS) is 25.4. The fourth-order valence-electron chi connectivity index (χ4n) is 3.75. The van der Waals surface area contributed by atoms with Crippen LogP contribution in [-0.2, 0) is 25.4 Å². The van der Waals surface area contributed by atoms with Crippen LogP contribution in [0, 0.1) is 5.92 Å². The van der Waals surface area contributed by atoms with Crippen molar-refractivity contribution in [2.24, 2.45) is 5.92 Å². The number of nitrogens with one attached hydrogen (secondary N) is 1. The molecule has 1 aromatic carbocycles. The van der Waals surface area contributed by atoms with E-state index in [1.54, 1.807) is 20.8 Å². The predicted octanol–water partition coefficient (Wildman–Crippen LogP) is 4.65. The summed E-state index contributed by atoms with van der Waals surface area (Å²) in [7, 11) is 0. The second-order valence-electron chi connectivity index (χ2n) is 9.03. The molecule has 0 aliphatic carbocycles. The topological polar surface area (TPSA) is 73.9 Å². The molecule has 1 aromatic rings. The average Bonchev–Trinajstić information content (AvgIpc) is 2.71. The van der Waals surface area contributed by atoms with Gasteiger partial charge in [0.15, 0.2) is 0 Å². The van der Waals surface area contributed by atoms with Gasteiger partial charge in [0.2, 0.25) is 0 Å². The molecule has 0 bridgehead atoms. The third kappa shape index (κ3) is 7.98. The van der Waals surface area contributed by atoms with E-state index in [0.717, 1.165) is 25.7 Å². The second-order valence-corrected chi connectivity index (χ2v) is 9.03. The van der Waals surface area contributed by atoms with E-state index < -0.39 is 23.7 Å². The number of benzene rings is 1. The van der Waals surface area contributed by atoms with Crippen molar-refractivity contribution in [2.75, 3.05) is 6.61 Å². The van der Waals surface area contributed by atoms with Gasteiger partial charge >= 0.3 is 12.1 Å². The molecule has 6 nitrogen and oxygen atoms in total. The third-order valence-electron chi connectivity index (χ3n) is 5.19. The summed E-state index contributed by atoms with van der Waals surface area (Å²) in [5, 5.41) is 2.69. The Hall–Kier alpha value is -2.08. The molecule has 6 heteroatoms. The van der Waals surface area contributed by atoms with Gasteiger partial charge < -0.3 is 19.5 Å². The van der Waals surface area contributed by atoms with E-state index >= 15 is 0 Å². The third-order valence-corrected chi connectivity index (χ3v) is 5.19. The molecular formula is C24H37NO5. The van der Waals surface area contributed by atoms with Crippen molar-refractivity contribution in [1.29, 1.82) is 0 Å². The molecule has 0 saturated carbocycles. The largest absolute Gasteiger partial charge is 0.461 e. The highest BCUT2D eigenvalue weighted by Crippen LogP contribution is 2.27. The molecule has 0 aromatic heterocycles. The molecule has 1 aliphatic rings. The first-order chi connectivity index (χ1) is 14.2. The zero-order valence-electron chi connectivity index (χ0n) is 19.0. The van der Waals surface area contributed by atoms with Crippen molar-refractivity contribution < 1.29 is 23.8 Å². The lowest BCUT2D eigenvalue weighted by Crippen LogP contribution is -2.45. The summed E-state index contributed by atoms with van der Waals surface area (Å²) in [5.41, 5.74) is 0.567. The van der Waals surface area contributed by atoms with Crippen LogP contribution in [0.2, 0.25) is 0 Å². The van der Waals surface area contributed by atoms with Crippen molar-refractivity contribution >= 4 is 12.1 Å². The highest BCUT2D eigenvalue weighted by Gasteiger charge is 2.35.